The minimum Gasteiger partial charge on any atom is -0.400 e. The lowest BCUT2D eigenvalue weighted by Gasteiger charge is -2.28. The van der Waals surface area contributed by atoms with E-state index in [1.807, 2.05) is 12.1 Å². The summed E-state index contributed by atoms with van der Waals surface area (Å²) in [6.07, 6.45) is -1.88. The molecule has 2 aromatic heterocycles. The number of nitrogens with one attached hydrogen (secondary N) is 1. The Morgan fingerprint density at radius 3 is 2.43 bits per heavy atom. The molecule has 1 N–H and O–H groups in total. The average Bonchev–Trinajstić information content (AvgIpc) is 3.38. The van der Waals surface area contributed by atoms with E-state index in [0.717, 1.165) is 44.5 Å². The van der Waals surface area contributed by atoms with E-state index in [4.69, 9.17) is 9.47 Å². The Bertz CT molecular complexity index is 1360. The Labute approximate surface area is 210 Å². The van der Waals surface area contributed by atoms with Crippen molar-refractivity contribution in [2.24, 2.45) is 0 Å². The second kappa shape index (κ2) is 10.0. The van der Waals surface area contributed by atoms with E-state index < -0.39 is 18.0 Å². The summed E-state index contributed by atoms with van der Waals surface area (Å²) in [7, 11) is 0. The van der Waals surface area contributed by atoms with Crippen LogP contribution in [0.1, 0.15) is 37.3 Å². The number of anilines is 3. The summed E-state index contributed by atoms with van der Waals surface area (Å²) in [5.74, 6) is -3.04. The van der Waals surface area contributed by atoms with E-state index in [1.165, 1.54) is 10.6 Å². The summed E-state index contributed by atoms with van der Waals surface area (Å²) >= 11 is 0. The molecule has 12 heteroatoms. The van der Waals surface area contributed by atoms with Gasteiger partial charge < -0.3 is 19.7 Å². The fourth-order valence-electron chi connectivity index (χ4n) is 4.88. The van der Waals surface area contributed by atoms with Gasteiger partial charge in [0.25, 0.3) is 5.56 Å². The Morgan fingerprint density at radius 1 is 1.11 bits per heavy atom. The molecule has 0 spiro atoms. The molecule has 3 heterocycles. The van der Waals surface area contributed by atoms with Crippen molar-refractivity contribution in [3.63, 3.8) is 0 Å². The van der Waals surface area contributed by atoms with Gasteiger partial charge in [0.2, 0.25) is 11.8 Å². The first kappa shape index (κ1) is 25.0. The fourth-order valence-corrected chi connectivity index (χ4v) is 4.88. The van der Waals surface area contributed by atoms with Crippen LogP contribution in [0.2, 0.25) is 0 Å². The number of morpholine rings is 1. The normalized spacial score (nSPS) is 16.8. The van der Waals surface area contributed by atoms with Gasteiger partial charge in [-0.1, -0.05) is 12.8 Å². The van der Waals surface area contributed by atoms with Crippen molar-refractivity contribution in [2.75, 3.05) is 36.5 Å². The van der Waals surface area contributed by atoms with Crippen molar-refractivity contribution in [1.29, 1.82) is 0 Å². The van der Waals surface area contributed by atoms with E-state index in [9.17, 15) is 22.8 Å². The number of carbonyl (C=O) groups is 1. The van der Waals surface area contributed by atoms with Gasteiger partial charge in [-0.05, 0) is 49.6 Å². The largest absolute Gasteiger partial charge is 0.491 e. The van der Waals surface area contributed by atoms with Crippen LogP contribution in [-0.4, -0.2) is 53.0 Å². The molecule has 0 bridgehead atoms. The Morgan fingerprint density at radius 2 is 1.78 bits per heavy atom. The molecule has 0 atom stereocenters. The lowest BCUT2D eigenvalue weighted by molar-refractivity contribution is -0.189. The number of hydrogen-bond acceptors (Lipinski definition) is 8. The number of fused-ring (bicyclic) bond motifs is 1. The number of aromatic nitrogens is 3. The number of aryl methyl sites for hydroxylation is 1. The van der Waals surface area contributed by atoms with Gasteiger partial charge in [0.1, 0.15) is 0 Å². The molecular formula is C25H26F3N5O4. The Kier molecular flexibility index (Phi) is 6.76. The summed E-state index contributed by atoms with van der Waals surface area (Å²) in [5, 5.41) is 3.08. The number of hydrogen-bond donors (Lipinski definition) is 1. The third-order valence-corrected chi connectivity index (χ3v) is 6.67. The molecule has 5 rings (SSSR count). The monoisotopic (exact) mass is 517 g/mol. The molecule has 2 aliphatic rings. The maximum Gasteiger partial charge on any atom is 0.491 e. The van der Waals surface area contributed by atoms with E-state index in [2.05, 4.69) is 20.2 Å². The Balaban J connectivity index is 1.56. The Hall–Kier alpha value is -3.67. The first-order chi connectivity index (χ1) is 17.7. The van der Waals surface area contributed by atoms with Gasteiger partial charge in [0.15, 0.2) is 5.65 Å². The smallest absolute Gasteiger partial charge is 0.400 e. The van der Waals surface area contributed by atoms with Crippen LogP contribution in [0.4, 0.5) is 30.5 Å². The van der Waals surface area contributed by atoms with Crippen molar-refractivity contribution in [3.05, 3.63) is 46.2 Å². The zero-order valence-corrected chi connectivity index (χ0v) is 20.2. The van der Waals surface area contributed by atoms with E-state index in [1.54, 1.807) is 19.1 Å². The minimum atomic E-state index is -5.21. The standard InChI is InChI=1S/C25H26F3N5O4/c1-15-14-19(34)33(18-4-2-3-5-18)21-20(15)22(37-23(35)25(26,27)28)31-24(30-21)29-16-6-8-17(9-7-16)32-10-12-36-13-11-32/h6-9,14,18H,2-5,10-13H2,1H3,(H,29,30,31). The van der Waals surface area contributed by atoms with Crippen molar-refractivity contribution < 1.29 is 27.4 Å². The van der Waals surface area contributed by atoms with Crippen LogP contribution in [0.15, 0.2) is 35.1 Å². The third-order valence-electron chi connectivity index (χ3n) is 6.67. The fraction of sp³-hybridized carbons (Fsp3) is 0.440. The van der Waals surface area contributed by atoms with Crippen LogP contribution in [0, 0.1) is 6.92 Å². The number of rotatable bonds is 5. The van der Waals surface area contributed by atoms with Crippen LogP contribution >= 0.6 is 0 Å². The number of halogens is 3. The molecule has 0 radical (unpaired) electrons. The number of pyridine rings is 1. The topological polar surface area (TPSA) is 98.6 Å². The molecule has 0 unspecified atom stereocenters. The lowest BCUT2D eigenvalue weighted by atomic mass is 10.1. The molecular weight excluding hydrogens is 491 g/mol. The van der Waals surface area contributed by atoms with Gasteiger partial charge in [0.05, 0.1) is 18.6 Å². The van der Waals surface area contributed by atoms with E-state index in [-0.39, 0.29) is 28.6 Å². The quantitative estimate of drug-likeness (QED) is 0.502. The highest BCUT2D eigenvalue weighted by Gasteiger charge is 2.42. The van der Waals surface area contributed by atoms with Crippen LogP contribution in [-0.2, 0) is 9.53 Å². The van der Waals surface area contributed by atoms with Crippen LogP contribution in [0.5, 0.6) is 5.88 Å². The molecule has 1 saturated carbocycles. The molecule has 9 nitrogen and oxygen atoms in total. The number of benzene rings is 1. The highest BCUT2D eigenvalue weighted by atomic mass is 19.4. The van der Waals surface area contributed by atoms with Crippen molar-refractivity contribution in [1.82, 2.24) is 14.5 Å². The average molecular weight is 518 g/mol. The first-order valence-electron chi connectivity index (χ1n) is 12.1. The van der Waals surface area contributed by atoms with Gasteiger partial charge in [-0.15, -0.1) is 0 Å². The molecule has 1 saturated heterocycles. The maximum atomic E-state index is 13.1. The number of alkyl halides is 3. The van der Waals surface area contributed by atoms with Crippen molar-refractivity contribution in [2.45, 2.75) is 44.8 Å². The number of esters is 1. The van der Waals surface area contributed by atoms with Crippen LogP contribution in [0.3, 0.4) is 0 Å². The molecule has 1 aromatic carbocycles. The summed E-state index contributed by atoms with van der Waals surface area (Å²) in [6, 6.07) is 8.54. The maximum absolute atomic E-state index is 13.1. The van der Waals surface area contributed by atoms with Gasteiger partial charge in [-0.3, -0.25) is 9.36 Å². The molecule has 3 aromatic rings. The highest BCUT2D eigenvalue weighted by Crippen LogP contribution is 2.35. The van der Waals surface area contributed by atoms with Crippen molar-refractivity contribution >= 4 is 34.3 Å². The zero-order valence-electron chi connectivity index (χ0n) is 20.2. The molecule has 0 amide bonds. The number of carbonyl (C=O) groups excluding carboxylic acids is 1. The molecule has 37 heavy (non-hydrogen) atoms. The summed E-state index contributed by atoms with van der Waals surface area (Å²) < 4.78 is 50.8. The molecule has 1 aliphatic heterocycles. The van der Waals surface area contributed by atoms with E-state index in [0.29, 0.717) is 24.5 Å². The number of ether oxygens (including phenoxy) is 2. The SMILES string of the molecule is Cc1cc(=O)n(C2CCCC2)c2nc(Nc3ccc(N4CCOCC4)cc3)nc(OC(=O)C(F)(F)F)c12. The molecule has 1 aliphatic carbocycles. The second-order valence-electron chi connectivity index (χ2n) is 9.18. The summed E-state index contributed by atoms with van der Waals surface area (Å²) in [4.78, 5) is 35.5. The third kappa shape index (κ3) is 5.24. The van der Waals surface area contributed by atoms with Gasteiger partial charge in [-0.2, -0.15) is 23.1 Å². The van der Waals surface area contributed by atoms with Gasteiger partial charge in [-0.25, -0.2) is 4.79 Å². The van der Waals surface area contributed by atoms with E-state index >= 15 is 0 Å². The van der Waals surface area contributed by atoms with Crippen molar-refractivity contribution in [3.8, 4) is 5.88 Å². The van der Waals surface area contributed by atoms with Crippen LogP contribution in [0.25, 0.3) is 11.0 Å². The summed E-state index contributed by atoms with van der Waals surface area (Å²) in [5.41, 5.74) is 1.71. The second-order valence-corrected chi connectivity index (χ2v) is 9.18. The van der Waals surface area contributed by atoms with Gasteiger partial charge >= 0.3 is 12.1 Å². The molecule has 2 fully saturated rings. The van der Waals surface area contributed by atoms with Crippen LogP contribution < -0.4 is 20.5 Å². The minimum absolute atomic E-state index is 0.0895. The molecule has 196 valence electrons. The first-order valence-corrected chi connectivity index (χ1v) is 12.1. The zero-order chi connectivity index (χ0) is 26.2. The number of nitrogens with zero attached hydrogens (tertiary/aromatic N) is 4. The van der Waals surface area contributed by atoms with Gasteiger partial charge in [0, 0.05) is 36.6 Å². The lowest BCUT2D eigenvalue weighted by Crippen LogP contribution is -2.36. The predicted octanol–water partition coefficient (Wildman–Crippen LogP) is 4.26. The predicted molar refractivity (Wildman–Crippen MR) is 130 cm³/mol. The summed E-state index contributed by atoms with van der Waals surface area (Å²) in [6.45, 7) is 4.38. The highest BCUT2D eigenvalue weighted by molar-refractivity contribution is 5.89.